The van der Waals surface area contributed by atoms with Gasteiger partial charge in [-0.25, -0.2) is 4.98 Å². The largest absolute Gasteiger partial charge is 0.339 e. The summed E-state index contributed by atoms with van der Waals surface area (Å²) in [5.41, 5.74) is 6.76. The monoisotopic (exact) mass is 266 g/mol. The first-order chi connectivity index (χ1) is 8.60. The van der Waals surface area contributed by atoms with E-state index in [-0.39, 0.29) is 5.92 Å². The molecule has 0 bridgehead atoms. The van der Waals surface area contributed by atoms with E-state index in [1.165, 1.54) is 0 Å². The minimum absolute atomic E-state index is 0.129. The van der Waals surface area contributed by atoms with Gasteiger partial charge in [-0.15, -0.1) is 11.3 Å². The van der Waals surface area contributed by atoms with Crippen LogP contribution in [0.5, 0.6) is 0 Å². The van der Waals surface area contributed by atoms with Crippen molar-refractivity contribution in [2.24, 2.45) is 11.7 Å². The van der Waals surface area contributed by atoms with Gasteiger partial charge in [0.2, 0.25) is 5.89 Å². The Bertz CT molecular complexity index is 506. The molecule has 0 aliphatic rings. The van der Waals surface area contributed by atoms with Crippen molar-refractivity contribution < 1.29 is 4.52 Å². The lowest BCUT2D eigenvalue weighted by molar-refractivity contribution is 0.322. The molecular weight excluding hydrogens is 248 g/mol. The third kappa shape index (κ3) is 2.94. The Morgan fingerprint density at radius 3 is 2.72 bits per heavy atom. The van der Waals surface area contributed by atoms with E-state index in [9.17, 15) is 0 Å². The van der Waals surface area contributed by atoms with Gasteiger partial charge in [0.05, 0.1) is 12.3 Å². The van der Waals surface area contributed by atoms with Crippen molar-refractivity contribution in [1.82, 2.24) is 15.1 Å². The second-order valence-corrected chi connectivity index (χ2v) is 5.64. The molecule has 2 aromatic rings. The van der Waals surface area contributed by atoms with Crippen LogP contribution in [0.15, 0.2) is 9.90 Å². The lowest BCUT2D eigenvalue weighted by Crippen LogP contribution is -2.18. The SMILES string of the molecule is Cc1csc(Cc2noc(C(CN)C(C)C)n2)n1. The number of thiazole rings is 1. The van der Waals surface area contributed by atoms with Crippen LogP contribution >= 0.6 is 11.3 Å². The zero-order chi connectivity index (χ0) is 13.1. The molecule has 0 amide bonds. The summed E-state index contributed by atoms with van der Waals surface area (Å²) in [5.74, 6) is 1.84. The van der Waals surface area contributed by atoms with Crippen molar-refractivity contribution in [3.63, 3.8) is 0 Å². The molecule has 1 unspecified atom stereocenters. The molecular formula is C12H18N4OS. The number of nitrogens with two attached hydrogens (primary N) is 1. The maximum atomic E-state index is 5.73. The minimum Gasteiger partial charge on any atom is -0.339 e. The first-order valence-electron chi connectivity index (χ1n) is 6.03. The summed E-state index contributed by atoms with van der Waals surface area (Å²) in [5, 5.41) is 7.03. The van der Waals surface area contributed by atoms with Crippen LogP contribution < -0.4 is 5.73 Å². The minimum atomic E-state index is 0.129. The molecule has 5 nitrogen and oxygen atoms in total. The third-order valence-corrected chi connectivity index (χ3v) is 3.80. The van der Waals surface area contributed by atoms with Gasteiger partial charge in [-0.3, -0.25) is 0 Å². The Kier molecular flexibility index (Phi) is 4.08. The summed E-state index contributed by atoms with van der Waals surface area (Å²) in [6, 6.07) is 0. The van der Waals surface area contributed by atoms with E-state index in [0.29, 0.717) is 30.6 Å². The fourth-order valence-corrected chi connectivity index (χ4v) is 2.54. The molecule has 2 rings (SSSR count). The standard InChI is InChI=1S/C12H18N4OS/c1-7(2)9(5-13)12-15-10(16-17-12)4-11-14-8(3)6-18-11/h6-7,9H,4-5,13H2,1-3H3. The van der Waals surface area contributed by atoms with Crippen LogP contribution in [0.1, 0.15) is 42.2 Å². The number of aromatic nitrogens is 3. The van der Waals surface area contributed by atoms with Gasteiger partial charge in [-0.2, -0.15) is 4.98 Å². The zero-order valence-corrected chi connectivity index (χ0v) is 11.7. The van der Waals surface area contributed by atoms with Crippen LogP contribution in [0, 0.1) is 12.8 Å². The van der Waals surface area contributed by atoms with Gasteiger partial charge in [0.15, 0.2) is 5.82 Å². The molecule has 2 aromatic heterocycles. The van der Waals surface area contributed by atoms with Crippen LogP contribution in [0.25, 0.3) is 0 Å². The van der Waals surface area contributed by atoms with E-state index in [1.54, 1.807) is 11.3 Å². The van der Waals surface area contributed by atoms with E-state index in [2.05, 4.69) is 29.0 Å². The molecule has 18 heavy (non-hydrogen) atoms. The summed E-state index contributed by atoms with van der Waals surface area (Å²) in [6.07, 6.45) is 0.622. The van der Waals surface area contributed by atoms with E-state index in [1.807, 2.05) is 12.3 Å². The van der Waals surface area contributed by atoms with Crippen LogP contribution in [0.3, 0.4) is 0 Å². The van der Waals surface area contributed by atoms with Gasteiger partial charge in [0.1, 0.15) is 5.01 Å². The zero-order valence-electron chi connectivity index (χ0n) is 10.9. The van der Waals surface area contributed by atoms with E-state index in [0.717, 1.165) is 10.7 Å². The van der Waals surface area contributed by atoms with Crippen LogP contribution in [-0.4, -0.2) is 21.7 Å². The highest BCUT2D eigenvalue weighted by Crippen LogP contribution is 2.22. The molecule has 2 N–H and O–H groups in total. The molecule has 0 spiro atoms. The Labute approximate surface area is 110 Å². The molecule has 0 saturated carbocycles. The van der Waals surface area contributed by atoms with Crippen molar-refractivity contribution in [2.75, 3.05) is 6.54 Å². The van der Waals surface area contributed by atoms with Crippen molar-refractivity contribution in [1.29, 1.82) is 0 Å². The van der Waals surface area contributed by atoms with Crippen LogP contribution in [-0.2, 0) is 6.42 Å². The highest BCUT2D eigenvalue weighted by Gasteiger charge is 2.21. The maximum absolute atomic E-state index is 5.73. The maximum Gasteiger partial charge on any atom is 0.231 e. The fraction of sp³-hybridized carbons (Fsp3) is 0.583. The molecule has 0 saturated heterocycles. The van der Waals surface area contributed by atoms with Crippen molar-refractivity contribution in [3.05, 3.63) is 27.8 Å². The van der Waals surface area contributed by atoms with Gasteiger partial charge >= 0.3 is 0 Å². The lowest BCUT2D eigenvalue weighted by Gasteiger charge is -2.13. The molecule has 1 atom stereocenters. The first kappa shape index (κ1) is 13.2. The molecule has 0 aliphatic carbocycles. The van der Waals surface area contributed by atoms with E-state index >= 15 is 0 Å². The van der Waals surface area contributed by atoms with Crippen LogP contribution in [0.2, 0.25) is 0 Å². The number of hydrogen-bond acceptors (Lipinski definition) is 6. The number of hydrogen-bond donors (Lipinski definition) is 1. The summed E-state index contributed by atoms with van der Waals surface area (Å²) in [6.45, 7) is 6.71. The topological polar surface area (TPSA) is 77.8 Å². The van der Waals surface area contributed by atoms with Gasteiger partial charge in [-0.05, 0) is 12.8 Å². The molecule has 0 fully saturated rings. The van der Waals surface area contributed by atoms with Gasteiger partial charge in [0.25, 0.3) is 0 Å². The molecule has 0 radical (unpaired) electrons. The average molecular weight is 266 g/mol. The Balaban J connectivity index is 2.10. The summed E-state index contributed by atoms with van der Waals surface area (Å²) >= 11 is 1.62. The second kappa shape index (κ2) is 5.58. The molecule has 0 aliphatic heterocycles. The highest BCUT2D eigenvalue weighted by molar-refractivity contribution is 7.09. The lowest BCUT2D eigenvalue weighted by atomic mass is 9.96. The Morgan fingerprint density at radius 1 is 1.39 bits per heavy atom. The summed E-state index contributed by atoms with van der Waals surface area (Å²) < 4.78 is 5.29. The van der Waals surface area contributed by atoms with E-state index < -0.39 is 0 Å². The Morgan fingerprint density at radius 2 is 2.17 bits per heavy atom. The van der Waals surface area contributed by atoms with Crippen molar-refractivity contribution in [2.45, 2.75) is 33.1 Å². The highest BCUT2D eigenvalue weighted by atomic mass is 32.1. The first-order valence-corrected chi connectivity index (χ1v) is 6.91. The summed E-state index contributed by atoms with van der Waals surface area (Å²) in [4.78, 5) is 8.80. The average Bonchev–Trinajstić information content (AvgIpc) is 2.90. The molecule has 98 valence electrons. The quantitative estimate of drug-likeness (QED) is 0.897. The Hall–Kier alpha value is -1.27. The smallest absolute Gasteiger partial charge is 0.231 e. The molecule has 0 aromatic carbocycles. The normalized spacial score (nSPS) is 13.2. The van der Waals surface area contributed by atoms with Crippen molar-refractivity contribution in [3.8, 4) is 0 Å². The molecule has 2 heterocycles. The molecule has 6 heteroatoms. The number of rotatable bonds is 5. The van der Waals surface area contributed by atoms with Crippen LogP contribution in [0.4, 0.5) is 0 Å². The number of nitrogens with zero attached hydrogens (tertiary/aromatic N) is 3. The van der Waals surface area contributed by atoms with Gasteiger partial charge in [-0.1, -0.05) is 19.0 Å². The summed E-state index contributed by atoms with van der Waals surface area (Å²) in [7, 11) is 0. The van der Waals surface area contributed by atoms with Gasteiger partial charge in [0, 0.05) is 17.6 Å². The van der Waals surface area contributed by atoms with E-state index in [4.69, 9.17) is 10.3 Å². The van der Waals surface area contributed by atoms with Crippen molar-refractivity contribution >= 4 is 11.3 Å². The number of aryl methyl sites for hydroxylation is 1. The predicted molar refractivity (Wildman–Crippen MR) is 70.6 cm³/mol. The fourth-order valence-electron chi connectivity index (χ4n) is 1.77. The van der Waals surface area contributed by atoms with Gasteiger partial charge < -0.3 is 10.3 Å². The third-order valence-electron chi connectivity index (χ3n) is 2.84. The second-order valence-electron chi connectivity index (χ2n) is 4.69. The predicted octanol–water partition coefficient (Wildman–Crippen LogP) is 2.12.